The molecular weight excluding hydrogens is 375 g/mol. The summed E-state index contributed by atoms with van der Waals surface area (Å²) in [5.41, 5.74) is 5.49. The molecule has 0 atom stereocenters. The van der Waals surface area contributed by atoms with E-state index < -0.39 is 0 Å². The molecule has 1 heterocycles. The van der Waals surface area contributed by atoms with Crippen molar-refractivity contribution in [3.8, 4) is 0 Å². The van der Waals surface area contributed by atoms with E-state index in [0.717, 1.165) is 6.42 Å². The van der Waals surface area contributed by atoms with Crippen LogP contribution in [0.1, 0.15) is 77.6 Å². The van der Waals surface area contributed by atoms with Gasteiger partial charge in [0.2, 0.25) is 6.71 Å². The Morgan fingerprint density at radius 3 is 1.74 bits per heavy atom. The highest BCUT2D eigenvalue weighted by molar-refractivity contribution is 6.86. The van der Waals surface area contributed by atoms with E-state index in [1.165, 1.54) is 67.3 Å². The lowest BCUT2D eigenvalue weighted by molar-refractivity contribution is 0.683. The minimum absolute atomic E-state index is 0.502. The average Bonchev–Trinajstić information content (AvgIpc) is 3.23. The van der Waals surface area contributed by atoms with E-state index in [4.69, 9.17) is 0 Å². The van der Waals surface area contributed by atoms with Gasteiger partial charge in [0.25, 0.3) is 0 Å². The minimum Gasteiger partial charge on any atom is -0.348 e. The Morgan fingerprint density at radius 2 is 1.26 bits per heavy atom. The van der Waals surface area contributed by atoms with Crippen molar-refractivity contribution in [2.45, 2.75) is 84.9 Å². The van der Waals surface area contributed by atoms with Gasteiger partial charge in [0, 0.05) is 5.69 Å². The van der Waals surface area contributed by atoms with Crippen LogP contribution >= 0.6 is 0 Å². The number of aromatic amines is 1. The molecule has 2 aromatic carbocycles. The van der Waals surface area contributed by atoms with Crippen molar-refractivity contribution >= 4 is 17.6 Å². The van der Waals surface area contributed by atoms with E-state index in [9.17, 15) is 0 Å². The number of hydrogen-bond donors (Lipinski definition) is 1. The quantitative estimate of drug-likeness (QED) is 0.278. The van der Waals surface area contributed by atoms with Crippen LogP contribution in [-0.4, -0.2) is 16.7 Å². The number of aromatic nitrogens is 2. The highest BCUT2D eigenvalue weighted by Crippen LogP contribution is 2.12. The Kier molecular flexibility index (Phi) is 11.8. The van der Waals surface area contributed by atoms with Crippen molar-refractivity contribution in [2.24, 2.45) is 0 Å². The van der Waals surface area contributed by atoms with Crippen LogP contribution in [0.25, 0.3) is 0 Å². The predicted molar refractivity (Wildman–Crippen MR) is 138 cm³/mol. The molecule has 0 bridgehead atoms. The highest BCUT2D eigenvalue weighted by atomic mass is 14.9. The van der Waals surface area contributed by atoms with E-state index in [-0.39, 0.29) is 0 Å². The molecule has 0 unspecified atom stereocenters. The first kappa shape index (κ1) is 25.0. The lowest BCUT2D eigenvalue weighted by atomic mass is 9.34. The van der Waals surface area contributed by atoms with Crippen molar-refractivity contribution in [3.05, 3.63) is 78.4 Å². The second-order valence-electron chi connectivity index (χ2n) is 8.79. The van der Waals surface area contributed by atoms with Gasteiger partial charge < -0.3 is 4.98 Å². The van der Waals surface area contributed by atoms with Gasteiger partial charge in [-0.05, 0) is 25.7 Å². The summed E-state index contributed by atoms with van der Waals surface area (Å²) in [6.07, 6.45) is 12.0. The Hall–Kier alpha value is -2.29. The molecule has 0 amide bonds. The van der Waals surface area contributed by atoms with Gasteiger partial charge in [-0.1, -0.05) is 131 Å². The van der Waals surface area contributed by atoms with Gasteiger partial charge in [-0.2, -0.15) is 0 Å². The molecule has 3 heteroatoms. The maximum Gasteiger partial charge on any atom is 0.211 e. The first-order valence-corrected chi connectivity index (χ1v) is 12.3. The molecule has 166 valence electrons. The SMILES string of the molecule is CC(C)B(c1ccccc1)c1ccccc1.CCCCCc1nc[nH]c1CCCCC. The number of imidazole rings is 1. The fourth-order valence-corrected chi connectivity index (χ4v) is 4.16. The summed E-state index contributed by atoms with van der Waals surface area (Å²) in [5.74, 6) is 0.616. The van der Waals surface area contributed by atoms with Crippen LogP contribution in [0.4, 0.5) is 0 Å². The lowest BCUT2D eigenvalue weighted by Gasteiger charge is -2.18. The van der Waals surface area contributed by atoms with E-state index in [1.807, 2.05) is 6.33 Å². The highest BCUT2D eigenvalue weighted by Gasteiger charge is 2.21. The van der Waals surface area contributed by atoms with Crippen LogP contribution in [0.15, 0.2) is 67.0 Å². The summed E-state index contributed by atoms with van der Waals surface area (Å²) < 4.78 is 0. The average molecular weight is 416 g/mol. The van der Waals surface area contributed by atoms with E-state index in [2.05, 4.69) is 98.3 Å². The topological polar surface area (TPSA) is 28.7 Å². The third-order valence-electron chi connectivity index (χ3n) is 5.84. The third-order valence-corrected chi connectivity index (χ3v) is 5.84. The summed E-state index contributed by atoms with van der Waals surface area (Å²) in [6.45, 7) is 9.55. The molecule has 0 aliphatic heterocycles. The number of aryl methyl sites for hydroxylation is 2. The summed E-state index contributed by atoms with van der Waals surface area (Å²) >= 11 is 0. The number of hydrogen-bond acceptors (Lipinski definition) is 1. The maximum absolute atomic E-state index is 4.41. The summed E-state index contributed by atoms with van der Waals surface area (Å²) in [5, 5.41) is 0. The molecule has 2 nitrogen and oxygen atoms in total. The van der Waals surface area contributed by atoms with E-state index >= 15 is 0 Å². The van der Waals surface area contributed by atoms with Gasteiger partial charge in [0.15, 0.2) is 0 Å². The maximum atomic E-state index is 4.41. The van der Waals surface area contributed by atoms with Crippen molar-refractivity contribution < 1.29 is 0 Å². The summed E-state index contributed by atoms with van der Waals surface area (Å²) in [4.78, 5) is 7.69. The molecule has 0 saturated heterocycles. The minimum atomic E-state index is 0.502. The predicted octanol–water partition coefficient (Wildman–Crippen LogP) is 6.58. The zero-order chi connectivity index (χ0) is 22.3. The van der Waals surface area contributed by atoms with Gasteiger partial charge in [0.1, 0.15) is 0 Å². The number of nitrogens with one attached hydrogen (secondary N) is 1. The van der Waals surface area contributed by atoms with Crippen molar-refractivity contribution in [3.63, 3.8) is 0 Å². The zero-order valence-corrected chi connectivity index (χ0v) is 20.1. The van der Waals surface area contributed by atoms with Crippen molar-refractivity contribution in [1.82, 2.24) is 9.97 Å². The second kappa shape index (κ2) is 14.7. The Labute approximate surface area is 191 Å². The van der Waals surface area contributed by atoms with Gasteiger partial charge in [-0.25, -0.2) is 4.98 Å². The molecule has 0 radical (unpaired) electrons. The van der Waals surface area contributed by atoms with E-state index in [0.29, 0.717) is 12.5 Å². The number of unbranched alkanes of at least 4 members (excludes halogenated alkanes) is 4. The molecule has 31 heavy (non-hydrogen) atoms. The van der Waals surface area contributed by atoms with Gasteiger partial charge >= 0.3 is 0 Å². The Morgan fingerprint density at radius 1 is 0.742 bits per heavy atom. The molecular formula is C28H41BN2. The van der Waals surface area contributed by atoms with Crippen molar-refractivity contribution in [1.29, 1.82) is 0 Å². The largest absolute Gasteiger partial charge is 0.348 e. The lowest BCUT2D eigenvalue weighted by Crippen LogP contribution is -2.44. The zero-order valence-electron chi connectivity index (χ0n) is 20.1. The smallest absolute Gasteiger partial charge is 0.211 e. The molecule has 0 fully saturated rings. The monoisotopic (exact) mass is 416 g/mol. The normalized spacial score (nSPS) is 10.6. The third kappa shape index (κ3) is 8.77. The van der Waals surface area contributed by atoms with Gasteiger partial charge in [0.05, 0.1) is 12.0 Å². The fraction of sp³-hybridized carbons (Fsp3) is 0.464. The van der Waals surface area contributed by atoms with Crippen LogP contribution < -0.4 is 10.9 Å². The Balaban J connectivity index is 0.000000221. The first-order valence-electron chi connectivity index (χ1n) is 12.3. The fourth-order valence-electron chi connectivity index (χ4n) is 4.16. The summed E-state index contributed by atoms with van der Waals surface area (Å²) in [6, 6.07) is 21.5. The standard InChI is InChI=1S/C15H17B.C13H24N2/c1-13(2)16(14-9-5-3-6-10-14)15-11-7-4-8-12-15;1-3-5-7-9-12-13(15-11-14-12)10-8-6-4-2/h3-13H,1-2H3;11H,3-10H2,1-2H3,(H,14,15). The molecule has 3 rings (SSSR count). The number of benzene rings is 2. The molecule has 0 saturated carbocycles. The molecule has 0 aliphatic carbocycles. The van der Waals surface area contributed by atoms with E-state index in [1.54, 1.807) is 0 Å². The first-order chi connectivity index (χ1) is 15.2. The van der Waals surface area contributed by atoms with Crippen molar-refractivity contribution in [2.75, 3.05) is 0 Å². The molecule has 1 aromatic heterocycles. The van der Waals surface area contributed by atoms with Crippen LogP contribution in [0.5, 0.6) is 0 Å². The Bertz CT molecular complexity index is 747. The summed E-state index contributed by atoms with van der Waals surface area (Å²) in [7, 11) is 0. The molecule has 3 aromatic rings. The van der Waals surface area contributed by atoms with Crippen LogP contribution in [0.3, 0.4) is 0 Å². The van der Waals surface area contributed by atoms with Crippen LogP contribution in [-0.2, 0) is 12.8 Å². The van der Waals surface area contributed by atoms with Gasteiger partial charge in [-0.3, -0.25) is 0 Å². The number of H-pyrrole nitrogens is 1. The number of rotatable bonds is 11. The molecule has 0 spiro atoms. The molecule has 0 aliphatic rings. The second-order valence-corrected chi connectivity index (χ2v) is 8.79. The molecule has 1 N–H and O–H groups in total. The number of nitrogens with zero attached hydrogens (tertiary/aromatic N) is 1. The van der Waals surface area contributed by atoms with Crippen LogP contribution in [0, 0.1) is 0 Å². The van der Waals surface area contributed by atoms with Crippen LogP contribution in [0.2, 0.25) is 5.82 Å². The van der Waals surface area contributed by atoms with Gasteiger partial charge in [-0.15, -0.1) is 0 Å².